The average molecular weight is 347 g/mol. The van der Waals surface area contributed by atoms with E-state index in [-0.39, 0.29) is 10.8 Å². The summed E-state index contributed by atoms with van der Waals surface area (Å²) >= 11 is 0.890. The van der Waals surface area contributed by atoms with Crippen LogP contribution in [0.5, 0.6) is 0 Å². The highest BCUT2D eigenvalue weighted by Crippen LogP contribution is 2.30. The molecule has 0 unspecified atom stereocenters. The number of thioether (sulfide) groups is 1. The van der Waals surface area contributed by atoms with Gasteiger partial charge >= 0.3 is 12.2 Å². The van der Waals surface area contributed by atoms with Crippen LogP contribution in [0, 0.1) is 0 Å². The summed E-state index contributed by atoms with van der Waals surface area (Å²) in [7, 11) is 1.35. The predicted molar refractivity (Wildman–Crippen MR) is 75.9 cm³/mol. The number of fused-ring (bicyclic) bond motifs is 1. The molecule has 2 aromatic heterocycles. The van der Waals surface area contributed by atoms with Crippen LogP contribution in [0.4, 0.5) is 18.0 Å². The quantitative estimate of drug-likeness (QED) is 0.825. The van der Waals surface area contributed by atoms with Crippen LogP contribution >= 0.6 is 11.8 Å². The molecule has 7 nitrogen and oxygen atoms in total. The Kier molecular flexibility index (Phi) is 4.78. The molecule has 23 heavy (non-hydrogen) atoms. The Balaban J connectivity index is 2.23. The molecule has 2 heterocycles. The molecule has 0 saturated heterocycles. The van der Waals surface area contributed by atoms with Crippen molar-refractivity contribution in [1.29, 1.82) is 0 Å². The summed E-state index contributed by atoms with van der Waals surface area (Å²) in [5, 5.41) is 11.2. The number of alkyl halides is 3. The van der Waals surface area contributed by atoms with Crippen molar-refractivity contribution in [2.24, 2.45) is 0 Å². The molecule has 1 atom stereocenters. The van der Waals surface area contributed by atoms with Crippen molar-refractivity contribution in [3.63, 3.8) is 0 Å². The van der Waals surface area contributed by atoms with E-state index in [0.29, 0.717) is 0 Å². The molecular formula is C12H12F3N5O2S. The first-order valence-corrected chi connectivity index (χ1v) is 7.21. The number of urea groups is 1. The summed E-state index contributed by atoms with van der Waals surface area (Å²) in [5.41, 5.74) is -0.631. The summed E-state index contributed by atoms with van der Waals surface area (Å²) < 4.78 is 39.4. The molecule has 0 bridgehead atoms. The second-order valence-corrected chi connectivity index (χ2v) is 5.76. The minimum Gasteiger partial charge on any atom is -0.341 e. The lowest BCUT2D eigenvalue weighted by Crippen LogP contribution is -2.41. The molecule has 2 aromatic rings. The summed E-state index contributed by atoms with van der Waals surface area (Å²) in [4.78, 5) is 22.9. The van der Waals surface area contributed by atoms with Gasteiger partial charge in [-0.05, 0) is 19.1 Å². The van der Waals surface area contributed by atoms with Gasteiger partial charge in [-0.1, -0.05) is 11.8 Å². The van der Waals surface area contributed by atoms with Crippen molar-refractivity contribution in [1.82, 2.24) is 25.2 Å². The number of halogens is 3. The molecular weight excluding hydrogens is 335 g/mol. The van der Waals surface area contributed by atoms with E-state index in [9.17, 15) is 22.8 Å². The zero-order valence-corrected chi connectivity index (χ0v) is 12.8. The van der Waals surface area contributed by atoms with Gasteiger partial charge in [0.2, 0.25) is 5.91 Å². The lowest BCUT2D eigenvalue weighted by molar-refractivity contribution is -0.137. The normalized spacial score (nSPS) is 12.9. The maximum absolute atomic E-state index is 12.8. The van der Waals surface area contributed by atoms with E-state index in [1.54, 1.807) is 0 Å². The number of nitrogens with zero attached hydrogens (tertiary/aromatic N) is 3. The van der Waals surface area contributed by atoms with E-state index < -0.39 is 28.9 Å². The van der Waals surface area contributed by atoms with E-state index in [0.717, 1.165) is 28.4 Å². The Labute approximate surface area is 132 Å². The van der Waals surface area contributed by atoms with Gasteiger partial charge in [0.1, 0.15) is 0 Å². The molecule has 0 aliphatic rings. The Bertz CT molecular complexity index is 746. The Hall–Kier alpha value is -2.30. The highest BCUT2D eigenvalue weighted by Gasteiger charge is 2.31. The fourth-order valence-electron chi connectivity index (χ4n) is 1.61. The second-order valence-electron chi connectivity index (χ2n) is 4.45. The molecule has 2 N–H and O–H groups in total. The monoisotopic (exact) mass is 347 g/mol. The standard InChI is InChI=1S/C12H12F3N5O2S/c1-6(9(21)17-10(22)16-2)23-11-19-18-8-4-3-7(5-20(8)11)12(13,14)15/h3-6H,1-2H3,(H2,16,17,21,22)/t6-/m1/s1. The fraction of sp³-hybridized carbons (Fsp3) is 0.333. The van der Waals surface area contributed by atoms with Crippen molar-refractivity contribution in [3.8, 4) is 0 Å². The number of carbonyl (C=O) groups is 2. The predicted octanol–water partition coefficient (Wildman–Crippen LogP) is 1.68. The van der Waals surface area contributed by atoms with E-state index in [1.165, 1.54) is 20.0 Å². The maximum Gasteiger partial charge on any atom is 0.417 e. The van der Waals surface area contributed by atoms with E-state index in [2.05, 4.69) is 20.8 Å². The van der Waals surface area contributed by atoms with Crippen molar-refractivity contribution < 1.29 is 22.8 Å². The topological polar surface area (TPSA) is 88.4 Å². The molecule has 3 amide bonds. The first-order valence-electron chi connectivity index (χ1n) is 6.33. The zero-order chi connectivity index (χ0) is 17.2. The number of rotatable bonds is 3. The minimum absolute atomic E-state index is 0.116. The number of hydrogen-bond donors (Lipinski definition) is 2. The Morgan fingerprint density at radius 1 is 1.30 bits per heavy atom. The first-order chi connectivity index (χ1) is 10.7. The number of aromatic nitrogens is 3. The van der Waals surface area contributed by atoms with Gasteiger partial charge in [-0.25, -0.2) is 4.79 Å². The second kappa shape index (κ2) is 6.44. The van der Waals surface area contributed by atoms with Gasteiger partial charge in [0.15, 0.2) is 10.8 Å². The lowest BCUT2D eigenvalue weighted by Gasteiger charge is -2.10. The van der Waals surface area contributed by atoms with Crippen LogP contribution in [0.1, 0.15) is 12.5 Å². The van der Waals surface area contributed by atoms with Crippen LogP contribution in [-0.2, 0) is 11.0 Å². The van der Waals surface area contributed by atoms with E-state index in [4.69, 9.17) is 0 Å². The molecule has 11 heteroatoms. The van der Waals surface area contributed by atoms with Gasteiger partial charge in [0, 0.05) is 13.2 Å². The van der Waals surface area contributed by atoms with Crippen LogP contribution in [-0.4, -0.2) is 38.8 Å². The third kappa shape index (κ3) is 3.92. The van der Waals surface area contributed by atoms with Crippen LogP contribution in [0.15, 0.2) is 23.5 Å². The number of nitrogens with one attached hydrogen (secondary N) is 2. The Morgan fingerprint density at radius 3 is 2.61 bits per heavy atom. The SMILES string of the molecule is CNC(=O)NC(=O)[C@@H](C)Sc1nnc2ccc(C(F)(F)F)cn12. The summed E-state index contributed by atoms with van der Waals surface area (Å²) in [6.45, 7) is 1.50. The third-order valence-corrected chi connectivity index (χ3v) is 3.87. The smallest absolute Gasteiger partial charge is 0.341 e. The number of imide groups is 1. The molecule has 124 valence electrons. The van der Waals surface area contributed by atoms with Crippen molar-refractivity contribution in [3.05, 3.63) is 23.9 Å². The largest absolute Gasteiger partial charge is 0.417 e. The molecule has 0 spiro atoms. The van der Waals surface area contributed by atoms with Crippen LogP contribution < -0.4 is 10.6 Å². The van der Waals surface area contributed by atoms with Crippen LogP contribution in [0.25, 0.3) is 5.65 Å². The maximum atomic E-state index is 12.8. The first kappa shape index (κ1) is 17.1. The summed E-state index contributed by atoms with van der Waals surface area (Å²) in [6, 6.07) is 1.42. The molecule has 0 aliphatic carbocycles. The van der Waals surface area contributed by atoms with Gasteiger partial charge in [0.05, 0.1) is 10.8 Å². The molecule has 0 aromatic carbocycles. The van der Waals surface area contributed by atoms with Crippen molar-refractivity contribution >= 4 is 29.3 Å². The van der Waals surface area contributed by atoms with Crippen LogP contribution in [0.3, 0.4) is 0 Å². The molecule has 0 saturated carbocycles. The third-order valence-electron chi connectivity index (χ3n) is 2.81. The summed E-state index contributed by atoms with van der Waals surface area (Å²) in [5.74, 6) is -0.599. The summed E-state index contributed by atoms with van der Waals surface area (Å²) in [6.07, 6.45) is -3.64. The fourth-order valence-corrected chi connectivity index (χ4v) is 2.44. The van der Waals surface area contributed by atoms with Crippen molar-refractivity contribution in [2.45, 2.75) is 23.5 Å². The van der Waals surface area contributed by atoms with Gasteiger partial charge in [-0.3, -0.25) is 14.5 Å². The van der Waals surface area contributed by atoms with Gasteiger partial charge in [-0.15, -0.1) is 10.2 Å². The lowest BCUT2D eigenvalue weighted by atomic mass is 10.3. The molecule has 0 radical (unpaired) electrons. The molecule has 0 fully saturated rings. The van der Waals surface area contributed by atoms with Crippen molar-refractivity contribution in [2.75, 3.05) is 7.05 Å². The number of carbonyl (C=O) groups excluding carboxylic acids is 2. The average Bonchev–Trinajstić information content (AvgIpc) is 2.88. The van der Waals surface area contributed by atoms with E-state index in [1.807, 2.05) is 0 Å². The number of amides is 3. The van der Waals surface area contributed by atoms with Crippen LogP contribution in [0.2, 0.25) is 0 Å². The zero-order valence-electron chi connectivity index (χ0n) is 12.0. The Morgan fingerprint density at radius 2 is 2.00 bits per heavy atom. The van der Waals surface area contributed by atoms with E-state index >= 15 is 0 Å². The molecule has 0 aliphatic heterocycles. The number of pyridine rings is 1. The van der Waals surface area contributed by atoms with Gasteiger partial charge in [0.25, 0.3) is 0 Å². The highest BCUT2D eigenvalue weighted by atomic mass is 32.2. The molecule has 2 rings (SSSR count). The minimum atomic E-state index is -4.50. The van der Waals surface area contributed by atoms with Gasteiger partial charge < -0.3 is 5.32 Å². The highest BCUT2D eigenvalue weighted by molar-refractivity contribution is 8.00. The number of hydrogen-bond acceptors (Lipinski definition) is 5. The van der Waals surface area contributed by atoms with Gasteiger partial charge in [-0.2, -0.15) is 13.2 Å².